The molecule has 3 atom stereocenters. The maximum atomic E-state index is 15.0. The van der Waals surface area contributed by atoms with Crippen LogP contribution < -0.4 is 16.0 Å². The lowest BCUT2D eigenvalue weighted by molar-refractivity contribution is -0.138. The Labute approximate surface area is 322 Å². The summed E-state index contributed by atoms with van der Waals surface area (Å²) >= 11 is 0. The third kappa shape index (κ3) is 6.88. The van der Waals surface area contributed by atoms with Crippen LogP contribution in [-0.2, 0) is 27.3 Å². The highest BCUT2D eigenvalue weighted by molar-refractivity contribution is 6.02. The van der Waals surface area contributed by atoms with Crippen LogP contribution in [0, 0.1) is 11.8 Å². The number of carbonyl (C=O) groups is 5. The van der Waals surface area contributed by atoms with Crippen molar-refractivity contribution >= 4 is 46.1 Å². The highest BCUT2D eigenvalue weighted by Crippen LogP contribution is 2.58. The number of carboxylic acid groups (broad SMARTS) is 2. The zero-order chi connectivity index (χ0) is 38.9. The summed E-state index contributed by atoms with van der Waals surface area (Å²) < 4.78 is 0. The molecular weight excluding hydrogens is 707 g/mol. The Balaban J connectivity index is 1.15. The summed E-state index contributed by atoms with van der Waals surface area (Å²) in [5.41, 5.74) is 4.83. The van der Waals surface area contributed by atoms with Gasteiger partial charge in [-0.2, -0.15) is 0 Å². The smallest absolute Gasteiger partial charge is 0.335 e. The van der Waals surface area contributed by atoms with E-state index in [2.05, 4.69) is 16.0 Å². The van der Waals surface area contributed by atoms with Gasteiger partial charge in [-0.05, 0) is 68.4 Å². The first-order chi connectivity index (χ1) is 27.2. The molecule has 0 aromatic heterocycles. The number of carbonyl (C=O) groups excluding carboxylic acids is 3. The van der Waals surface area contributed by atoms with Gasteiger partial charge < -0.3 is 26.2 Å². The number of fused-ring (bicyclic) bond motifs is 2. The van der Waals surface area contributed by atoms with E-state index >= 15 is 0 Å². The molecule has 0 saturated heterocycles. The molecule has 0 spiro atoms. The van der Waals surface area contributed by atoms with Crippen molar-refractivity contribution in [2.24, 2.45) is 11.8 Å². The molecule has 10 heteroatoms. The van der Waals surface area contributed by atoms with E-state index in [0.29, 0.717) is 0 Å². The van der Waals surface area contributed by atoms with Gasteiger partial charge in [0.15, 0.2) is 0 Å². The lowest BCUT2D eigenvalue weighted by Crippen LogP contribution is -2.55. The van der Waals surface area contributed by atoms with Crippen molar-refractivity contribution < 1.29 is 34.2 Å². The van der Waals surface area contributed by atoms with E-state index in [-0.39, 0.29) is 35.7 Å². The highest BCUT2D eigenvalue weighted by Gasteiger charge is 2.55. The van der Waals surface area contributed by atoms with Gasteiger partial charge in [-0.15, -0.1) is 0 Å². The van der Waals surface area contributed by atoms with Gasteiger partial charge in [-0.3, -0.25) is 14.4 Å². The van der Waals surface area contributed by atoms with Crippen molar-refractivity contribution in [3.8, 4) is 0 Å². The van der Waals surface area contributed by atoms with Crippen LogP contribution >= 0.6 is 0 Å². The second-order valence-corrected chi connectivity index (χ2v) is 14.3. The third-order valence-corrected chi connectivity index (χ3v) is 10.9. The quantitative estimate of drug-likeness (QED) is 0.0982. The number of benzene rings is 6. The fraction of sp³-hybridized carbons (Fsp3) is 0.152. The average molecular weight is 744 g/mol. The van der Waals surface area contributed by atoms with Crippen LogP contribution in [0.5, 0.6) is 0 Å². The first-order valence-corrected chi connectivity index (χ1v) is 18.4. The second kappa shape index (κ2) is 15.0. The molecule has 9 rings (SSSR count). The summed E-state index contributed by atoms with van der Waals surface area (Å²) in [5.74, 6) is -6.84. The summed E-state index contributed by atoms with van der Waals surface area (Å²) in [7, 11) is 0. The van der Waals surface area contributed by atoms with Crippen molar-refractivity contribution in [2.45, 2.75) is 30.8 Å². The standard InChI is InChI=1S/C46H37N3O7/c50-42(48-32-23-30(45(53)54)22-31(24-32)46(55)56)37(21-26-10-2-1-3-11-26)49-44(52)41-39-35-16-8-6-14-33(35)38(34-15-7-9-17-36(34)39)40(41)43(51)47-25-27-18-19-28-12-4-5-13-29(28)20-27/h1-20,22-24,37-41H,21,25H2,(H,47,51)(H,48,50)(H,49,52)(H,53,54)(H,55,56)/t37-,38?,39?,40?,41?/m0/s1. The molecule has 0 fully saturated rings. The van der Waals surface area contributed by atoms with E-state index in [1.807, 2.05) is 121 Å². The van der Waals surface area contributed by atoms with Crippen molar-refractivity contribution in [1.29, 1.82) is 0 Å². The van der Waals surface area contributed by atoms with E-state index in [9.17, 15) is 34.2 Å². The van der Waals surface area contributed by atoms with Gasteiger partial charge in [-0.1, -0.05) is 115 Å². The lowest BCUT2D eigenvalue weighted by atomic mass is 9.53. The molecule has 6 aromatic rings. The van der Waals surface area contributed by atoms with Gasteiger partial charge in [-0.25, -0.2) is 9.59 Å². The monoisotopic (exact) mass is 743 g/mol. The Morgan fingerprint density at radius 1 is 0.536 bits per heavy atom. The number of hydrogen-bond donors (Lipinski definition) is 5. The molecule has 10 nitrogen and oxygen atoms in total. The van der Waals surface area contributed by atoms with E-state index in [0.717, 1.165) is 62.4 Å². The molecule has 5 N–H and O–H groups in total. The molecule has 3 amide bonds. The number of amides is 3. The first-order valence-electron chi connectivity index (χ1n) is 18.4. The zero-order valence-corrected chi connectivity index (χ0v) is 30.0. The summed E-state index contributed by atoms with van der Waals surface area (Å²) in [6, 6.07) is 41.0. The molecule has 3 aliphatic carbocycles. The normalized spacial score (nSPS) is 18.2. The Bertz CT molecular complexity index is 2450. The minimum absolute atomic E-state index is 0.0508. The summed E-state index contributed by atoms with van der Waals surface area (Å²) in [6.07, 6.45) is 0.0651. The van der Waals surface area contributed by atoms with Gasteiger partial charge in [0, 0.05) is 30.5 Å². The molecule has 0 heterocycles. The van der Waals surface area contributed by atoms with Crippen molar-refractivity contribution in [3.05, 3.63) is 184 Å². The van der Waals surface area contributed by atoms with Crippen LogP contribution in [0.15, 0.2) is 140 Å². The van der Waals surface area contributed by atoms with Gasteiger partial charge in [0.25, 0.3) is 0 Å². The van der Waals surface area contributed by atoms with Gasteiger partial charge >= 0.3 is 11.9 Å². The summed E-state index contributed by atoms with van der Waals surface area (Å²) in [4.78, 5) is 67.3. The minimum Gasteiger partial charge on any atom is -0.478 e. The van der Waals surface area contributed by atoms with Crippen LogP contribution in [0.3, 0.4) is 0 Å². The van der Waals surface area contributed by atoms with E-state index < -0.39 is 53.5 Å². The molecular formula is C46H37N3O7. The number of nitrogens with one attached hydrogen (secondary N) is 3. The van der Waals surface area contributed by atoms with Crippen LogP contribution in [0.2, 0.25) is 0 Å². The molecule has 2 unspecified atom stereocenters. The third-order valence-electron chi connectivity index (χ3n) is 10.9. The van der Waals surface area contributed by atoms with Crippen molar-refractivity contribution in [3.63, 3.8) is 0 Å². The van der Waals surface area contributed by atoms with Crippen molar-refractivity contribution in [2.75, 3.05) is 5.32 Å². The van der Waals surface area contributed by atoms with Gasteiger partial charge in [0.1, 0.15) is 6.04 Å². The summed E-state index contributed by atoms with van der Waals surface area (Å²) in [5, 5.41) is 30.2. The predicted octanol–water partition coefficient (Wildman–Crippen LogP) is 6.74. The lowest BCUT2D eigenvalue weighted by Gasteiger charge is -2.49. The van der Waals surface area contributed by atoms with Crippen LogP contribution in [-0.4, -0.2) is 45.9 Å². The Hall–Kier alpha value is -7.07. The molecule has 0 radical (unpaired) electrons. The SMILES string of the molecule is O=C(O)c1cc(NC(=O)[C@H](Cc2ccccc2)NC(=O)C2C3c4ccccc4C(c4ccccc43)C2C(=O)NCc2ccc3ccccc3c2)cc(C(=O)O)c1. The van der Waals surface area contributed by atoms with E-state index in [1.165, 1.54) is 0 Å². The first kappa shape index (κ1) is 35.9. The maximum Gasteiger partial charge on any atom is 0.335 e. The van der Waals surface area contributed by atoms with Gasteiger partial charge in [0.05, 0.1) is 23.0 Å². The Kier molecular flexibility index (Phi) is 9.62. The molecule has 278 valence electrons. The summed E-state index contributed by atoms with van der Waals surface area (Å²) in [6.45, 7) is 0.252. The fourth-order valence-electron chi connectivity index (χ4n) is 8.47. The predicted molar refractivity (Wildman–Crippen MR) is 210 cm³/mol. The fourth-order valence-corrected chi connectivity index (χ4v) is 8.47. The zero-order valence-electron chi connectivity index (χ0n) is 30.0. The maximum absolute atomic E-state index is 15.0. The molecule has 3 aliphatic rings. The number of anilines is 1. The van der Waals surface area contributed by atoms with E-state index in [4.69, 9.17) is 0 Å². The largest absolute Gasteiger partial charge is 0.478 e. The number of rotatable bonds is 11. The number of aromatic carboxylic acids is 2. The topological polar surface area (TPSA) is 162 Å². The molecule has 0 saturated carbocycles. The van der Waals surface area contributed by atoms with Crippen molar-refractivity contribution in [1.82, 2.24) is 10.6 Å². The minimum atomic E-state index is -1.37. The van der Waals surface area contributed by atoms with Gasteiger partial charge in [0.2, 0.25) is 17.7 Å². The second-order valence-electron chi connectivity index (χ2n) is 14.3. The van der Waals surface area contributed by atoms with Crippen LogP contribution in [0.1, 0.15) is 65.9 Å². The Morgan fingerprint density at radius 3 is 1.62 bits per heavy atom. The highest BCUT2D eigenvalue weighted by atomic mass is 16.4. The van der Waals surface area contributed by atoms with E-state index in [1.54, 1.807) is 0 Å². The molecule has 2 bridgehead atoms. The average Bonchev–Trinajstić information content (AvgIpc) is 3.22. The molecule has 56 heavy (non-hydrogen) atoms. The molecule has 6 aromatic carbocycles. The van der Waals surface area contributed by atoms with Crippen LogP contribution in [0.25, 0.3) is 10.8 Å². The number of carboxylic acids is 2. The molecule has 0 aliphatic heterocycles. The number of hydrogen-bond acceptors (Lipinski definition) is 5. The Morgan fingerprint density at radius 2 is 1.05 bits per heavy atom. The van der Waals surface area contributed by atoms with Crippen LogP contribution in [0.4, 0.5) is 5.69 Å².